The van der Waals surface area contributed by atoms with Crippen molar-refractivity contribution in [1.29, 1.82) is 5.26 Å². The van der Waals surface area contributed by atoms with Crippen molar-refractivity contribution >= 4 is 9.84 Å². The third-order valence-electron chi connectivity index (χ3n) is 5.07. The first-order valence-electron chi connectivity index (χ1n) is 9.45. The molecule has 0 radical (unpaired) electrons. The fourth-order valence-electron chi connectivity index (χ4n) is 3.22. The molecule has 0 heterocycles. The number of sulfone groups is 1. The molecule has 0 spiro atoms. The molecule has 1 aliphatic rings. The Kier molecular flexibility index (Phi) is 5.82. The van der Waals surface area contributed by atoms with Crippen molar-refractivity contribution in [2.75, 3.05) is 0 Å². The van der Waals surface area contributed by atoms with Gasteiger partial charge >= 0.3 is 0 Å². The lowest BCUT2D eigenvalue weighted by Crippen LogP contribution is -2.23. The number of hydrogen-bond donors (Lipinski definition) is 1. The molecule has 1 saturated carbocycles. The zero-order valence-corrected chi connectivity index (χ0v) is 18.1. The number of phenols is 1. The quantitative estimate of drug-likeness (QED) is 0.794. The second kappa shape index (κ2) is 7.31. The van der Waals surface area contributed by atoms with E-state index in [1.165, 1.54) is 5.41 Å². The van der Waals surface area contributed by atoms with Crippen molar-refractivity contribution < 1.29 is 13.5 Å². The summed E-state index contributed by atoms with van der Waals surface area (Å²) in [6.07, 6.45) is 2.74. The molecule has 0 aliphatic heterocycles. The molecule has 0 amide bonds. The van der Waals surface area contributed by atoms with Crippen molar-refractivity contribution in [3.63, 3.8) is 0 Å². The highest BCUT2D eigenvalue weighted by Crippen LogP contribution is 2.40. The van der Waals surface area contributed by atoms with Crippen LogP contribution in [0.25, 0.3) is 0 Å². The second-order valence-corrected chi connectivity index (χ2v) is 11.6. The lowest BCUT2D eigenvalue weighted by molar-refractivity contribution is 0.422. The number of hydrogen-bond acceptors (Lipinski definition) is 4. The van der Waals surface area contributed by atoms with Gasteiger partial charge in [-0.3, -0.25) is 0 Å². The number of nitriles is 1. The first kappa shape index (κ1) is 21.5. The number of allylic oxidation sites excluding steroid dienone is 1. The van der Waals surface area contributed by atoms with Crippen molar-refractivity contribution in [3.05, 3.63) is 39.8 Å². The van der Waals surface area contributed by atoms with Crippen LogP contribution in [-0.4, -0.2) is 18.8 Å². The minimum absolute atomic E-state index is 0.120. The molecule has 1 aliphatic carbocycles. The van der Waals surface area contributed by atoms with Gasteiger partial charge in [0.05, 0.1) is 6.07 Å². The summed E-state index contributed by atoms with van der Waals surface area (Å²) >= 11 is 0. The highest BCUT2D eigenvalue weighted by molar-refractivity contribution is 7.95. The first-order chi connectivity index (χ1) is 12.3. The average Bonchev–Trinajstić information content (AvgIpc) is 2.47. The molecule has 1 unspecified atom stereocenters. The Bertz CT molecular complexity index is 850. The topological polar surface area (TPSA) is 78.2 Å². The van der Waals surface area contributed by atoms with Gasteiger partial charge in [-0.25, -0.2) is 8.42 Å². The third-order valence-corrected chi connectivity index (χ3v) is 6.80. The summed E-state index contributed by atoms with van der Waals surface area (Å²) in [5, 5.41) is 20.5. The second-order valence-electron chi connectivity index (χ2n) is 9.58. The fraction of sp³-hybridized carbons (Fsp3) is 0.591. The smallest absolute Gasteiger partial charge is 0.188 e. The Labute approximate surface area is 163 Å². The monoisotopic (exact) mass is 389 g/mol. The predicted octanol–water partition coefficient (Wildman–Crippen LogP) is 4.90. The maximum Gasteiger partial charge on any atom is 0.188 e. The van der Waals surface area contributed by atoms with Crippen LogP contribution in [0.3, 0.4) is 0 Å². The highest BCUT2D eigenvalue weighted by atomic mass is 32.2. The van der Waals surface area contributed by atoms with Crippen molar-refractivity contribution in [1.82, 2.24) is 0 Å². The molecule has 0 bridgehead atoms. The van der Waals surface area contributed by atoms with Gasteiger partial charge in [0.15, 0.2) is 15.1 Å². The zero-order valence-electron chi connectivity index (χ0n) is 17.3. The number of benzene rings is 1. The van der Waals surface area contributed by atoms with Crippen LogP contribution in [-0.2, 0) is 27.1 Å². The minimum atomic E-state index is -3.62. The lowest BCUT2D eigenvalue weighted by atomic mass is 9.78. The summed E-state index contributed by atoms with van der Waals surface area (Å²) in [6.45, 7) is 12.1. The molecule has 1 aromatic rings. The van der Waals surface area contributed by atoms with Gasteiger partial charge in [-0.1, -0.05) is 59.2 Å². The van der Waals surface area contributed by atoms with E-state index >= 15 is 0 Å². The van der Waals surface area contributed by atoms with E-state index in [1.807, 2.05) is 59.7 Å². The van der Waals surface area contributed by atoms with E-state index < -0.39 is 15.1 Å². The molecule has 0 aromatic heterocycles. The van der Waals surface area contributed by atoms with Crippen LogP contribution >= 0.6 is 0 Å². The van der Waals surface area contributed by atoms with E-state index in [9.17, 15) is 18.8 Å². The van der Waals surface area contributed by atoms with Gasteiger partial charge in [-0.05, 0) is 46.8 Å². The number of phenolic OH excluding ortho intramolecular Hbond substituents is 1. The lowest BCUT2D eigenvalue weighted by Gasteiger charge is -2.28. The molecule has 0 saturated heterocycles. The van der Waals surface area contributed by atoms with Gasteiger partial charge in [-0.15, -0.1) is 0 Å². The van der Waals surface area contributed by atoms with E-state index in [0.717, 1.165) is 41.5 Å². The summed E-state index contributed by atoms with van der Waals surface area (Å²) in [5.74, 6) is 0.256. The van der Waals surface area contributed by atoms with Crippen LogP contribution in [0.2, 0.25) is 0 Å². The van der Waals surface area contributed by atoms with Crippen LogP contribution in [0, 0.1) is 11.3 Å². The Balaban J connectivity index is 2.50. The van der Waals surface area contributed by atoms with Crippen LogP contribution in [0.5, 0.6) is 5.75 Å². The summed E-state index contributed by atoms with van der Waals surface area (Å²) in [4.78, 5) is 0. The van der Waals surface area contributed by atoms with Gasteiger partial charge < -0.3 is 5.11 Å². The summed E-state index contributed by atoms with van der Waals surface area (Å²) in [7, 11) is -3.62. The highest BCUT2D eigenvalue weighted by Gasteiger charge is 2.30. The molecule has 1 fully saturated rings. The Morgan fingerprint density at radius 3 is 1.93 bits per heavy atom. The fourth-order valence-corrected chi connectivity index (χ4v) is 4.65. The Hall–Kier alpha value is -1.80. The van der Waals surface area contributed by atoms with Crippen molar-refractivity contribution in [2.45, 2.75) is 83.3 Å². The van der Waals surface area contributed by atoms with E-state index in [1.54, 1.807) is 0 Å². The molecule has 1 atom stereocenters. The van der Waals surface area contributed by atoms with E-state index in [-0.39, 0.29) is 23.0 Å². The van der Waals surface area contributed by atoms with Crippen LogP contribution < -0.4 is 0 Å². The number of nitrogens with zero attached hydrogens (tertiary/aromatic N) is 1. The molecular weight excluding hydrogens is 358 g/mol. The maximum absolute atomic E-state index is 12.7. The van der Waals surface area contributed by atoms with Gasteiger partial charge in [0, 0.05) is 11.8 Å². The van der Waals surface area contributed by atoms with Gasteiger partial charge in [-0.2, -0.15) is 5.26 Å². The minimum Gasteiger partial charge on any atom is -0.507 e. The summed E-state index contributed by atoms with van der Waals surface area (Å²) < 4.78 is 25.3. The largest absolute Gasteiger partial charge is 0.507 e. The van der Waals surface area contributed by atoms with Crippen molar-refractivity contribution in [2.24, 2.45) is 0 Å². The zero-order chi connectivity index (χ0) is 20.6. The van der Waals surface area contributed by atoms with E-state index in [2.05, 4.69) is 0 Å². The number of rotatable bonds is 4. The molecule has 1 aromatic carbocycles. The van der Waals surface area contributed by atoms with Crippen LogP contribution in [0.15, 0.2) is 23.1 Å². The average molecular weight is 390 g/mol. The standard InChI is InChI=1S/C22H31NO3S/c1-21(2,3)18-11-16(12-19(20(18)24)22(4,5)6)10-17(13-23)27(25,26)14-15-8-7-9-15/h11-12,14,17,24H,7-10H2,1-6H3. The Morgan fingerprint density at radius 1 is 1.11 bits per heavy atom. The first-order valence-corrected chi connectivity index (χ1v) is 11.1. The Morgan fingerprint density at radius 2 is 1.59 bits per heavy atom. The van der Waals surface area contributed by atoms with Crippen molar-refractivity contribution in [3.8, 4) is 11.8 Å². The van der Waals surface area contributed by atoms with Gasteiger partial charge in [0.2, 0.25) is 0 Å². The molecule has 4 nitrogen and oxygen atoms in total. The summed E-state index contributed by atoms with van der Waals surface area (Å²) in [5.41, 5.74) is 2.63. The number of aromatic hydroxyl groups is 1. The van der Waals surface area contributed by atoms with Gasteiger partial charge in [0.25, 0.3) is 0 Å². The SMILES string of the molecule is CC(C)(C)c1cc(CC(C#N)S(=O)(=O)C=C2CCC2)cc(C(C)(C)C)c1O. The molecule has 27 heavy (non-hydrogen) atoms. The van der Waals surface area contributed by atoms with E-state index in [0.29, 0.717) is 0 Å². The molecular formula is C22H31NO3S. The molecule has 148 valence electrons. The van der Waals surface area contributed by atoms with E-state index in [4.69, 9.17) is 0 Å². The van der Waals surface area contributed by atoms with Gasteiger partial charge in [0.1, 0.15) is 5.75 Å². The molecule has 5 heteroatoms. The molecule has 2 rings (SSSR count). The maximum atomic E-state index is 12.7. The molecule has 1 N–H and O–H groups in total. The van der Waals surface area contributed by atoms with Crippen LogP contribution in [0.4, 0.5) is 0 Å². The predicted molar refractivity (Wildman–Crippen MR) is 109 cm³/mol. The summed E-state index contributed by atoms with van der Waals surface area (Å²) in [6, 6.07) is 5.68. The normalized spacial score (nSPS) is 16.4. The third kappa shape index (κ3) is 4.93. The van der Waals surface area contributed by atoms with Crippen LogP contribution in [0.1, 0.15) is 77.5 Å².